The first kappa shape index (κ1) is 23.0. The fourth-order valence-corrected chi connectivity index (χ4v) is 6.80. The fourth-order valence-electron chi connectivity index (χ4n) is 3.47. The second-order valence-corrected chi connectivity index (χ2v) is 11.8. The predicted octanol–water partition coefficient (Wildman–Crippen LogP) is 4.96. The minimum Gasteiger partial charge on any atom is -0.326 e. The minimum absolute atomic E-state index is 0.0743. The fraction of sp³-hybridized carbons (Fsp3) is 0.304. The van der Waals surface area contributed by atoms with Crippen molar-refractivity contribution in [2.24, 2.45) is 0 Å². The summed E-state index contributed by atoms with van der Waals surface area (Å²) < 4.78 is 27.7. The summed E-state index contributed by atoms with van der Waals surface area (Å²) in [6.45, 7) is 3.16. The van der Waals surface area contributed by atoms with Gasteiger partial charge in [-0.25, -0.2) is 13.4 Å². The van der Waals surface area contributed by atoms with Crippen LogP contribution in [0.3, 0.4) is 0 Å². The lowest BCUT2D eigenvalue weighted by molar-refractivity contribution is -0.116. The van der Waals surface area contributed by atoms with Crippen LogP contribution in [0.15, 0.2) is 68.0 Å². The van der Waals surface area contributed by atoms with E-state index in [2.05, 4.69) is 10.3 Å². The SMILES string of the molecule is Cc1csc(Sc2ccc(NC(=O)CCc3ccc(S(=O)(=O)N4CCCC4)cc3)cc2)n1. The first-order valence-corrected chi connectivity index (χ1v) is 13.6. The summed E-state index contributed by atoms with van der Waals surface area (Å²) in [5.41, 5.74) is 2.71. The van der Waals surface area contributed by atoms with Crippen LogP contribution in [0.2, 0.25) is 0 Å². The van der Waals surface area contributed by atoms with Gasteiger partial charge in [-0.15, -0.1) is 11.3 Å². The van der Waals surface area contributed by atoms with Crippen LogP contribution < -0.4 is 5.32 Å². The van der Waals surface area contributed by atoms with Gasteiger partial charge in [0.15, 0.2) is 4.34 Å². The highest BCUT2D eigenvalue weighted by Crippen LogP contribution is 2.31. The van der Waals surface area contributed by atoms with Crippen LogP contribution in [-0.2, 0) is 21.2 Å². The molecule has 0 atom stereocenters. The standard InChI is InChI=1S/C23H25N3O3S3/c1-17-16-30-23(24-17)31-20-9-7-19(8-10-20)25-22(27)13-6-18-4-11-21(12-5-18)32(28,29)26-14-2-3-15-26/h4-5,7-12,16H,2-3,6,13-15H2,1H3,(H,25,27). The van der Waals surface area contributed by atoms with Crippen molar-refractivity contribution >= 4 is 44.7 Å². The number of hydrogen-bond acceptors (Lipinski definition) is 6. The Labute approximate surface area is 197 Å². The summed E-state index contributed by atoms with van der Waals surface area (Å²) in [6.07, 6.45) is 2.71. The highest BCUT2D eigenvalue weighted by molar-refractivity contribution is 8.01. The molecule has 1 aliphatic rings. The molecule has 0 aliphatic carbocycles. The molecule has 0 spiro atoms. The summed E-state index contributed by atoms with van der Waals surface area (Å²) in [4.78, 5) is 18.2. The molecule has 1 N–H and O–H groups in total. The zero-order valence-corrected chi connectivity index (χ0v) is 20.2. The molecule has 6 nitrogen and oxygen atoms in total. The van der Waals surface area contributed by atoms with Gasteiger partial charge in [-0.3, -0.25) is 4.79 Å². The average Bonchev–Trinajstić information content (AvgIpc) is 3.47. The molecule has 32 heavy (non-hydrogen) atoms. The number of sulfonamides is 1. The number of aryl methyl sites for hydroxylation is 2. The zero-order chi connectivity index (χ0) is 22.6. The Hall–Kier alpha value is -2.20. The molecule has 0 bridgehead atoms. The number of thiazole rings is 1. The Morgan fingerprint density at radius 1 is 1.09 bits per heavy atom. The van der Waals surface area contributed by atoms with E-state index in [0.29, 0.717) is 30.8 Å². The van der Waals surface area contributed by atoms with Crippen molar-refractivity contribution in [2.75, 3.05) is 18.4 Å². The van der Waals surface area contributed by atoms with Crippen molar-refractivity contribution in [1.29, 1.82) is 0 Å². The summed E-state index contributed by atoms with van der Waals surface area (Å²) in [5, 5.41) is 4.94. The van der Waals surface area contributed by atoms with Crippen molar-refractivity contribution in [3.8, 4) is 0 Å². The van der Waals surface area contributed by atoms with Crippen LogP contribution >= 0.6 is 23.1 Å². The zero-order valence-electron chi connectivity index (χ0n) is 17.8. The van der Waals surface area contributed by atoms with E-state index < -0.39 is 10.0 Å². The molecule has 3 aromatic rings. The van der Waals surface area contributed by atoms with Crippen molar-refractivity contribution in [1.82, 2.24) is 9.29 Å². The monoisotopic (exact) mass is 487 g/mol. The third kappa shape index (κ3) is 5.78. The van der Waals surface area contributed by atoms with Gasteiger partial charge < -0.3 is 5.32 Å². The molecule has 4 rings (SSSR count). The number of nitrogens with one attached hydrogen (secondary N) is 1. The van der Waals surface area contributed by atoms with E-state index in [9.17, 15) is 13.2 Å². The maximum Gasteiger partial charge on any atom is 0.243 e. The Morgan fingerprint density at radius 2 is 1.78 bits per heavy atom. The topological polar surface area (TPSA) is 79.4 Å². The van der Waals surface area contributed by atoms with Gasteiger partial charge in [0.05, 0.1) is 4.90 Å². The molecule has 1 amide bonds. The van der Waals surface area contributed by atoms with E-state index in [1.807, 2.05) is 36.6 Å². The number of hydrogen-bond donors (Lipinski definition) is 1. The van der Waals surface area contributed by atoms with Crippen molar-refractivity contribution < 1.29 is 13.2 Å². The van der Waals surface area contributed by atoms with Gasteiger partial charge in [-0.05, 0) is 68.1 Å². The van der Waals surface area contributed by atoms with Gasteiger partial charge in [0.1, 0.15) is 0 Å². The van der Waals surface area contributed by atoms with Crippen LogP contribution in [0, 0.1) is 6.92 Å². The smallest absolute Gasteiger partial charge is 0.243 e. The molecular formula is C23H25N3O3S3. The number of aromatic nitrogens is 1. The van der Waals surface area contributed by atoms with Gasteiger partial charge in [0, 0.05) is 41.2 Å². The van der Waals surface area contributed by atoms with Crippen molar-refractivity contribution in [3.05, 3.63) is 65.2 Å². The largest absolute Gasteiger partial charge is 0.326 e. The van der Waals surface area contributed by atoms with E-state index in [1.165, 1.54) is 4.31 Å². The van der Waals surface area contributed by atoms with Crippen LogP contribution in [0.25, 0.3) is 0 Å². The maximum atomic E-state index is 12.6. The average molecular weight is 488 g/mol. The first-order chi connectivity index (χ1) is 15.4. The number of carbonyl (C=O) groups excluding carboxylic acids is 1. The Morgan fingerprint density at radius 3 is 2.41 bits per heavy atom. The second-order valence-electron chi connectivity index (χ2n) is 7.68. The third-order valence-electron chi connectivity index (χ3n) is 5.21. The highest BCUT2D eigenvalue weighted by Gasteiger charge is 2.26. The number of rotatable bonds is 8. The van der Waals surface area contributed by atoms with Crippen LogP contribution in [0.4, 0.5) is 5.69 Å². The molecule has 168 valence electrons. The lowest BCUT2D eigenvalue weighted by Crippen LogP contribution is -2.27. The molecule has 0 unspecified atom stereocenters. The van der Waals surface area contributed by atoms with Crippen LogP contribution in [-0.4, -0.2) is 36.7 Å². The number of carbonyl (C=O) groups is 1. The summed E-state index contributed by atoms with van der Waals surface area (Å²) in [7, 11) is -3.40. The number of amides is 1. The highest BCUT2D eigenvalue weighted by atomic mass is 32.2. The van der Waals surface area contributed by atoms with Crippen molar-refractivity contribution in [2.45, 2.75) is 46.7 Å². The normalized spacial score (nSPS) is 14.5. The minimum atomic E-state index is -3.40. The molecule has 0 radical (unpaired) electrons. The summed E-state index contributed by atoms with van der Waals surface area (Å²) >= 11 is 3.22. The Balaban J connectivity index is 1.27. The number of anilines is 1. The van der Waals surface area contributed by atoms with Gasteiger partial charge in [0.2, 0.25) is 15.9 Å². The maximum absolute atomic E-state index is 12.6. The molecule has 1 fully saturated rings. The van der Waals surface area contributed by atoms with E-state index in [-0.39, 0.29) is 5.91 Å². The number of benzene rings is 2. The third-order valence-corrected chi connectivity index (χ3v) is 9.19. The van der Waals surface area contributed by atoms with Crippen LogP contribution in [0.5, 0.6) is 0 Å². The van der Waals surface area contributed by atoms with Gasteiger partial charge in [-0.2, -0.15) is 4.31 Å². The molecule has 2 heterocycles. The lowest BCUT2D eigenvalue weighted by atomic mass is 10.1. The molecule has 1 saturated heterocycles. The second kappa shape index (κ2) is 10.2. The molecular weight excluding hydrogens is 462 g/mol. The molecule has 2 aromatic carbocycles. The van der Waals surface area contributed by atoms with Crippen molar-refractivity contribution in [3.63, 3.8) is 0 Å². The number of nitrogens with zero attached hydrogens (tertiary/aromatic N) is 2. The Bertz CT molecular complexity index is 1170. The van der Waals surface area contributed by atoms with E-state index >= 15 is 0 Å². The van der Waals surface area contributed by atoms with Gasteiger partial charge in [0.25, 0.3) is 0 Å². The molecule has 1 aliphatic heterocycles. The quantitative estimate of drug-likeness (QED) is 0.486. The van der Waals surface area contributed by atoms with E-state index in [1.54, 1.807) is 47.4 Å². The first-order valence-electron chi connectivity index (χ1n) is 10.5. The molecule has 0 saturated carbocycles. The predicted molar refractivity (Wildman–Crippen MR) is 129 cm³/mol. The summed E-state index contributed by atoms with van der Waals surface area (Å²) in [6, 6.07) is 14.6. The van der Waals surface area contributed by atoms with Gasteiger partial charge >= 0.3 is 0 Å². The van der Waals surface area contributed by atoms with E-state index in [0.717, 1.165) is 39.0 Å². The Kier molecular flexibility index (Phi) is 7.30. The summed E-state index contributed by atoms with van der Waals surface area (Å²) in [5.74, 6) is -0.0743. The molecule has 1 aromatic heterocycles. The van der Waals surface area contributed by atoms with Gasteiger partial charge in [-0.1, -0.05) is 23.9 Å². The van der Waals surface area contributed by atoms with Crippen LogP contribution in [0.1, 0.15) is 30.5 Å². The lowest BCUT2D eigenvalue weighted by Gasteiger charge is -2.15. The van der Waals surface area contributed by atoms with E-state index in [4.69, 9.17) is 0 Å². The molecule has 9 heteroatoms.